The number of rotatable bonds is 8. The van der Waals surface area contributed by atoms with Crippen LogP contribution in [0.2, 0.25) is 0 Å². The van der Waals surface area contributed by atoms with E-state index in [9.17, 15) is 22.8 Å². The summed E-state index contributed by atoms with van der Waals surface area (Å²) in [6.07, 6.45) is 0.408. The van der Waals surface area contributed by atoms with Crippen molar-refractivity contribution in [2.45, 2.75) is 19.8 Å². The number of benzene rings is 2. The summed E-state index contributed by atoms with van der Waals surface area (Å²) in [5.74, 6) is -5.41. The summed E-state index contributed by atoms with van der Waals surface area (Å²) < 4.78 is 49.6. The topological polar surface area (TPSA) is 64.6 Å². The van der Waals surface area contributed by atoms with Gasteiger partial charge >= 0.3 is 5.97 Å². The molecule has 0 spiro atoms. The monoisotopic (exact) mass is 381 g/mol. The molecule has 0 saturated carbocycles. The molecular formula is C19H18F3NO4. The van der Waals surface area contributed by atoms with Gasteiger partial charge in [-0.3, -0.25) is 9.59 Å². The van der Waals surface area contributed by atoms with Crippen LogP contribution in [0.1, 0.15) is 18.4 Å². The number of nitrogens with one attached hydrogen (secondary N) is 1. The summed E-state index contributed by atoms with van der Waals surface area (Å²) in [6.45, 7) is 1.56. The first kappa shape index (κ1) is 20.3. The molecular weight excluding hydrogens is 363 g/mol. The normalized spacial score (nSPS) is 10.4. The maximum Gasteiger partial charge on any atom is 0.306 e. The maximum atomic E-state index is 13.4. The Morgan fingerprint density at radius 3 is 2.59 bits per heavy atom. The second kappa shape index (κ2) is 9.61. The van der Waals surface area contributed by atoms with Gasteiger partial charge in [0.05, 0.1) is 12.3 Å². The molecule has 0 saturated heterocycles. The minimum atomic E-state index is -1.70. The molecule has 1 amide bonds. The smallest absolute Gasteiger partial charge is 0.306 e. The van der Waals surface area contributed by atoms with Crippen molar-refractivity contribution in [2.24, 2.45) is 0 Å². The van der Waals surface area contributed by atoms with Crippen LogP contribution in [0.15, 0.2) is 36.4 Å². The molecule has 27 heavy (non-hydrogen) atoms. The van der Waals surface area contributed by atoms with Gasteiger partial charge in [-0.25, -0.2) is 13.2 Å². The molecule has 0 aliphatic carbocycles. The lowest BCUT2D eigenvalue weighted by Crippen LogP contribution is -2.22. The van der Waals surface area contributed by atoms with Gasteiger partial charge in [-0.1, -0.05) is 12.1 Å². The third-order valence-corrected chi connectivity index (χ3v) is 3.46. The Hall–Kier alpha value is -3.03. The summed E-state index contributed by atoms with van der Waals surface area (Å²) >= 11 is 0. The van der Waals surface area contributed by atoms with E-state index < -0.39 is 41.6 Å². The molecule has 0 fully saturated rings. The van der Waals surface area contributed by atoms with E-state index in [0.717, 1.165) is 11.6 Å². The average Bonchev–Trinajstić information content (AvgIpc) is 2.64. The van der Waals surface area contributed by atoms with E-state index in [1.807, 2.05) is 30.4 Å². The third kappa shape index (κ3) is 6.32. The minimum Gasteiger partial charge on any atom is -0.494 e. The fraction of sp³-hybridized carbons (Fsp3) is 0.263. The van der Waals surface area contributed by atoms with Crippen LogP contribution in [-0.4, -0.2) is 25.1 Å². The summed E-state index contributed by atoms with van der Waals surface area (Å²) in [4.78, 5) is 23.2. The zero-order valence-corrected chi connectivity index (χ0v) is 14.6. The van der Waals surface area contributed by atoms with Gasteiger partial charge in [0.15, 0.2) is 24.1 Å². The van der Waals surface area contributed by atoms with Gasteiger partial charge in [0.25, 0.3) is 5.91 Å². The van der Waals surface area contributed by atoms with Crippen molar-refractivity contribution in [1.82, 2.24) is 0 Å². The number of carbonyl (C=O) groups excluding carboxylic acids is 2. The van der Waals surface area contributed by atoms with Crippen LogP contribution < -0.4 is 10.1 Å². The van der Waals surface area contributed by atoms with E-state index in [-0.39, 0.29) is 6.42 Å². The van der Waals surface area contributed by atoms with Crippen molar-refractivity contribution in [3.8, 4) is 5.75 Å². The lowest BCUT2D eigenvalue weighted by molar-refractivity contribution is -0.147. The Balaban J connectivity index is 1.68. The van der Waals surface area contributed by atoms with Gasteiger partial charge in [0.2, 0.25) is 0 Å². The number of halogens is 3. The molecule has 0 aromatic heterocycles. The van der Waals surface area contributed by atoms with E-state index in [1.165, 1.54) is 0 Å². The van der Waals surface area contributed by atoms with Crippen molar-refractivity contribution in [2.75, 3.05) is 18.5 Å². The predicted molar refractivity (Wildman–Crippen MR) is 91.8 cm³/mol. The van der Waals surface area contributed by atoms with Gasteiger partial charge in [-0.05, 0) is 43.2 Å². The fourth-order valence-electron chi connectivity index (χ4n) is 2.14. The molecule has 144 valence electrons. The molecule has 0 radical (unpaired) electrons. The second-order valence-electron chi connectivity index (χ2n) is 5.70. The molecule has 0 unspecified atom stereocenters. The largest absolute Gasteiger partial charge is 0.494 e. The van der Waals surface area contributed by atoms with E-state index in [2.05, 4.69) is 0 Å². The van der Waals surface area contributed by atoms with Crippen LogP contribution in [0.4, 0.5) is 18.9 Å². The summed E-state index contributed by atoms with van der Waals surface area (Å²) in [6, 6.07) is 8.99. The van der Waals surface area contributed by atoms with Gasteiger partial charge in [-0.2, -0.15) is 0 Å². The number of ether oxygens (including phenoxy) is 2. The quantitative estimate of drug-likeness (QED) is 0.430. The number of anilines is 1. The molecule has 1 N–H and O–H groups in total. The standard InChI is InChI=1S/C19H18F3NO4/c1-12-4-2-5-13(10-12)26-9-3-6-17(25)27-11-16(24)23-15-8-7-14(20)18(21)19(15)22/h2,4-5,7-8,10H,3,6,9,11H2,1H3,(H,23,24). The summed E-state index contributed by atoms with van der Waals surface area (Å²) in [5.41, 5.74) is 0.511. The van der Waals surface area contributed by atoms with Crippen LogP contribution >= 0.6 is 0 Å². The first-order valence-corrected chi connectivity index (χ1v) is 8.15. The first-order valence-electron chi connectivity index (χ1n) is 8.15. The highest BCUT2D eigenvalue weighted by Crippen LogP contribution is 2.19. The highest BCUT2D eigenvalue weighted by Gasteiger charge is 2.16. The lowest BCUT2D eigenvalue weighted by Gasteiger charge is -2.09. The number of hydrogen-bond donors (Lipinski definition) is 1. The lowest BCUT2D eigenvalue weighted by atomic mass is 10.2. The van der Waals surface area contributed by atoms with Crippen LogP contribution in [0, 0.1) is 24.4 Å². The van der Waals surface area contributed by atoms with Gasteiger partial charge in [0.1, 0.15) is 5.75 Å². The van der Waals surface area contributed by atoms with Crippen LogP contribution in [0.25, 0.3) is 0 Å². The summed E-state index contributed by atoms with van der Waals surface area (Å²) in [5, 5.41) is 2.01. The van der Waals surface area contributed by atoms with Gasteiger partial charge < -0.3 is 14.8 Å². The third-order valence-electron chi connectivity index (χ3n) is 3.46. The zero-order valence-electron chi connectivity index (χ0n) is 14.6. The molecule has 0 aliphatic heterocycles. The van der Waals surface area contributed by atoms with Gasteiger partial charge in [0, 0.05) is 6.42 Å². The zero-order chi connectivity index (χ0) is 19.8. The molecule has 2 rings (SSSR count). The molecule has 0 bridgehead atoms. The van der Waals surface area contributed by atoms with E-state index >= 15 is 0 Å². The number of amides is 1. The maximum absolute atomic E-state index is 13.4. The molecule has 0 aliphatic rings. The van der Waals surface area contributed by atoms with E-state index in [0.29, 0.717) is 24.8 Å². The fourth-order valence-corrected chi connectivity index (χ4v) is 2.14. The molecule has 0 heterocycles. The molecule has 8 heteroatoms. The molecule has 0 atom stereocenters. The van der Waals surface area contributed by atoms with Crippen LogP contribution in [0.3, 0.4) is 0 Å². The van der Waals surface area contributed by atoms with Crippen molar-refractivity contribution in [1.29, 1.82) is 0 Å². The SMILES string of the molecule is Cc1cccc(OCCCC(=O)OCC(=O)Nc2ccc(F)c(F)c2F)c1. The number of hydrogen-bond acceptors (Lipinski definition) is 4. The highest BCUT2D eigenvalue weighted by molar-refractivity contribution is 5.92. The first-order chi connectivity index (χ1) is 12.9. The Bertz CT molecular complexity index is 827. The number of carbonyl (C=O) groups is 2. The van der Waals surface area contributed by atoms with Crippen molar-refractivity contribution in [3.63, 3.8) is 0 Å². The number of esters is 1. The van der Waals surface area contributed by atoms with E-state index in [1.54, 1.807) is 6.07 Å². The Morgan fingerprint density at radius 1 is 1.07 bits per heavy atom. The molecule has 2 aromatic carbocycles. The van der Waals surface area contributed by atoms with Crippen molar-refractivity contribution in [3.05, 3.63) is 59.4 Å². The van der Waals surface area contributed by atoms with E-state index in [4.69, 9.17) is 9.47 Å². The summed E-state index contributed by atoms with van der Waals surface area (Å²) in [7, 11) is 0. The van der Waals surface area contributed by atoms with Crippen molar-refractivity contribution >= 4 is 17.6 Å². The Labute approximate surface area is 154 Å². The average molecular weight is 381 g/mol. The highest BCUT2D eigenvalue weighted by atomic mass is 19.2. The number of aryl methyl sites for hydroxylation is 1. The Morgan fingerprint density at radius 2 is 1.85 bits per heavy atom. The van der Waals surface area contributed by atoms with Crippen LogP contribution in [-0.2, 0) is 14.3 Å². The van der Waals surface area contributed by atoms with Gasteiger partial charge in [-0.15, -0.1) is 0 Å². The second-order valence-corrected chi connectivity index (χ2v) is 5.70. The Kier molecular flexibility index (Phi) is 7.22. The molecule has 5 nitrogen and oxygen atoms in total. The predicted octanol–water partition coefficient (Wildman–Crippen LogP) is 3.75. The minimum absolute atomic E-state index is 0.0264. The molecule has 2 aromatic rings. The van der Waals surface area contributed by atoms with Crippen LogP contribution in [0.5, 0.6) is 5.75 Å². The van der Waals surface area contributed by atoms with Crippen molar-refractivity contribution < 1.29 is 32.2 Å².